The van der Waals surface area contributed by atoms with Gasteiger partial charge in [-0.2, -0.15) is 0 Å². The number of likely N-dealkylation sites (N-methyl/N-ethyl adjacent to an activating group) is 1. The Labute approximate surface area is 211 Å². The number of amides is 1. The van der Waals surface area contributed by atoms with Gasteiger partial charge in [-0.3, -0.25) is 14.5 Å². The van der Waals surface area contributed by atoms with E-state index in [1.807, 2.05) is 42.5 Å². The molecule has 182 valence electrons. The molecule has 2 N–H and O–H groups in total. The van der Waals surface area contributed by atoms with Gasteiger partial charge in [-0.1, -0.05) is 48.0 Å². The molecule has 1 heterocycles. The number of anilines is 1. The zero-order valence-electron chi connectivity index (χ0n) is 19.8. The van der Waals surface area contributed by atoms with Gasteiger partial charge in [-0.15, -0.1) is 12.4 Å². The van der Waals surface area contributed by atoms with Gasteiger partial charge in [0, 0.05) is 29.8 Å². The van der Waals surface area contributed by atoms with E-state index < -0.39 is 5.97 Å². The van der Waals surface area contributed by atoms with E-state index in [2.05, 4.69) is 42.6 Å². The van der Waals surface area contributed by atoms with Gasteiger partial charge in [0.2, 0.25) is 0 Å². The van der Waals surface area contributed by atoms with Crippen LogP contribution in [0.3, 0.4) is 0 Å². The molecule has 1 amide bonds. The number of hydrogen-bond acceptors (Lipinski definition) is 4. The van der Waals surface area contributed by atoms with Crippen LogP contribution in [0.25, 0.3) is 17.2 Å². The summed E-state index contributed by atoms with van der Waals surface area (Å²) in [5.41, 5.74) is 6.61. The highest BCUT2D eigenvalue weighted by molar-refractivity contribution is 6.07. The Balaban J connectivity index is 0.00000342. The predicted molar refractivity (Wildman–Crippen MR) is 141 cm³/mol. The van der Waals surface area contributed by atoms with Crippen LogP contribution in [-0.2, 0) is 16.1 Å². The highest BCUT2D eigenvalue weighted by Crippen LogP contribution is 2.31. The van der Waals surface area contributed by atoms with Crippen LogP contribution in [0, 0.1) is 6.92 Å². The lowest BCUT2D eigenvalue weighted by Gasteiger charge is -2.14. The average molecular weight is 493 g/mol. The van der Waals surface area contributed by atoms with Crippen molar-refractivity contribution in [1.29, 1.82) is 0 Å². The highest BCUT2D eigenvalue weighted by atomic mass is 35.5. The molecule has 6 nitrogen and oxygen atoms in total. The summed E-state index contributed by atoms with van der Waals surface area (Å²) in [5.74, 6) is -0.249. The van der Waals surface area contributed by atoms with E-state index in [0.717, 1.165) is 28.0 Å². The molecule has 0 radical (unpaired) electrons. The van der Waals surface area contributed by atoms with Crippen molar-refractivity contribution in [3.8, 4) is 16.9 Å². The molecule has 0 saturated heterocycles. The second-order valence-corrected chi connectivity index (χ2v) is 8.60. The predicted octanol–water partition coefficient (Wildman–Crippen LogP) is 5.40. The SMILES string of the molecule is Cc1ccc(-c2ccc3c(c2)C=C(C(=O)Nc2ccc(CN(C)CC(=O)O)cc2)CCO3)cc1.Cl. The summed E-state index contributed by atoms with van der Waals surface area (Å²) >= 11 is 0. The number of aliphatic carboxylic acids is 1. The van der Waals surface area contributed by atoms with Crippen molar-refractivity contribution in [2.24, 2.45) is 0 Å². The molecule has 0 unspecified atom stereocenters. The molecule has 7 heteroatoms. The molecule has 3 aromatic rings. The largest absolute Gasteiger partial charge is 0.493 e. The number of hydrogen-bond donors (Lipinski definition) is 2. The summed E-state index contributed by atoms with van der Waals surface area (Å²) in [6.45, 7) is 2.99. The Bertz CT molecular complexity index is 1220. The van der Waals surface area contributed by atoms with Gasteiger partial charge >= 0.3 is 5.97 Å². The summed E-state index contributed by atoms with van der Waals surface area (Å²) in [7, 11) is 1.76. The van der Waals surface area contributed by atoms with Gasteiger partial charge < -0.3 is 15.2 Å². The fraction of sp³-hybridized carbons (Fsp3) is 0.214. The molecule has 0 spiro atoms. The number of carbonyl (C=O) groups excluding carboxylic acids is 1. The molecular formula is C28H29ClN2O4. The van der Waals surface area contributed by atoms with Crippen molar-refractivity contribution in [2.75, 3.05) is 25.5 Å². The van der Waals surface area contributed by atoms with Crippen molar-refractivity contribution in [3.05, 3.63) is 89.0 Å². The van der Waals surface area contributed by atoms with E-state index in [1.54, 1.807) is 11.9 Å². The number of ether oxygens (including phenoxy) is 1. The Hall–Kier alpha value is -3.61. The van der Waals surface area contributed by atoms with E-state index in [1.165, 1.54) is 5.56 Å². The van der Waals surface area contributed by atoms with Crippen molar-refractivity contribution in [2.45, 2.75) is 19.9 Å². The fourth-order valence-corrected chi connectivity index (χ4v) is 3.93. The first-order chi connectivity index (χ1) is 16.4. The summed E-state index contributed by atoms with van der Waals surface area (Å²) in [5, 5.41) is 11.9. The Kier molecular flexibility index (Phi) is 8.68. The molecule has 0 bridgehead atoms. The van der Waals surface area contributed by atoms with Crippen molar-refractivity contribution in [3.63, 3.8) is 0 Å². The normalized spacial score (nSPS) is 12.5. The van der Waals surface area contributed by atoms with Crippen molar-refractivity contribution < 1.29 is 19.4 Å². The van der Waals surface area contributed by atoms with Crippen LogP contribution >= 0.6 is 12.4 Å². The van der Waals surface area contributed by atoms with E-state index in [-0.39, 0.29) is 24.9 Å². The van der Waals surface area contributed by atoms with Crippen LogP contribution in [0.4, 0.5) is 5.69 Å². The van der Waals surface area contributed by atoms with Crippen LogP contribution in [0.5, 0.6) is 5.75 Å². The second kappa shape index (κ2) is 11.7. The van der Waals surface area contributed by atoms with Crippen LogP contribution in [0.15, 0.2) is 72.3 Å². The molecule has 0 saturated carbocycles. The molecule has 35 heavy (non-hydrogen) atoms. The minimum absolute atomic E-state index is 0. The number of halogens is 1. The first kappa shape index (κ1) is 26.0. The smallest absolute Gasteiger partial charge is 0.317 e. The zero-order chi connectivity index (χ0) is 24.1. The van der Waals surface area contributed by atoms with Gasteiger partial charge in [0.15, 0.2) is 0 Å². The summed E-state index contributed by atoms with van der Waals surface area (Å²) in [6.07, 6.45) is 2.42. The zero-order valence-corrected chi connectivity index (χ0v) is 20.6. The van der Waals surface area contributed by atoms with Gasteiger partial charge in [-0.05, 0) is 61.0 Å². The minimum Gasteiger partial charge on any atom is -0.493 e. The van der Waals surface area contributed by atoms with Crippen LogP contribution in [0.1, 0.15) is 23.1 Å². The third-order valence-corrected chi connectivity index (χ3v) is 5.71. The lowest BCUT2D eigenvalue weighted by molar-refractivity contribution is -0.138. The number of carboxylic acids is 1. The molecule has 1 aliphatic rings. The summed E-state index contributed by atoms with van der Waals surface area (Å²) in [6, 6.07) is 21.9. The van der Waals surface area contributed by atoms with E-state index in [0.29, 0.717) is 30.8 Å². The lowest BCUT2D eigenvalue weighted by atomic mass is 10.00. The molecular weight excluding hydrogens is 464 g/mol. The van der Waals surface area contributed by atoms with Gasteiger partial charge in [-0.25, -0.2) is 0 Å². The third kappa shape index (κ3) is 6.94. The number of nitrogens with zero attached hydrogens (tertiary/aromatic N) is 1. The fourth-order valence-electron chi connectivity index (χ4n) is 3.93. The number of carbonyl (C=O) groups is 2. The first-order valence-corrected chi connectivity index (χ1v) is 11.2. The average Bonchev–Trinajstić information content (AvgIpc) is 3.02. The molecule has 3 aromatic carbocycles. The maximum absolute atomic E-state index is 13.0. The Morgan fingerprint density at radius 3 is 2.37 bits per heavy atom. The summed E-state index contributed by atoms with van der Waals surface area (Å²) < 4.78 is 5.89. The maximum Gasteiger partial charge on any atom is 0.317 e. The summed E-state index contributed by atoms with van der Waals surface area (Å²) in [4.78, 5) is 25.5. The van der Waals surface area contributed by atoms with Crippen LogP contribution < -0.4 is 10.1 Å². The second-order valence-electron chi connectivity index (χ2n) is 8.60. The van der Waals surface area contributed by atoms with E-state index in [9.17, 15) is 9.59 Å². The number of rotatable bonds is 7. The molecule has 0 aliphatic carbocycles. The van der Waals surface area contributed by atoms with Crippen molar-refractivity contribution >= 4 is 36.0 Å². The van der Waals surface area contributed by atoms with Gasteiger partial charge in [0.25, 0.3) is 5.91 Å². The maximum atomic E-state index is 13.0. The monoisotopic (exact) mass is 492 g/mol. The van der Waals surface area contributed by atoms with Gasteiger partial charge in [0.1, 0.15) is 5.75 Å². The first-order valence-electron chi connectivity index (χ1n) is 11.2. The van der Waals surface area contributed by atoms with Crippen molar-refractivity contribution in [1.82, 2.24) is 4.90 Å². The quantitative estimate of drug-likeness (QED) is 0.461. The molecule has 0 aromatic heterocycles. The third-order valence-electron chi connectivity index (χ3n) is 5.71. The molecule has 1 aliphatic heterocycles. The molecule has 4 rings (SSSR count). The Morgan fingerprint density at radius 1 is 1.00 bits per heavy atom. The van der Waals surface area contributed by atoms with Gasteiger partial charge in [0.05, 0.1) is 13.2 Å². The Morgan fingerprint density at radius 2 is 1.69 bits per heavy atom. The number of aryl methyl sites for hydroxylation is 1. The number of benzene rings is 3. The lowest BCUT2D eigenvalue weighted by Crippen LogP contribution is -2.25. The van der Waals surface area contributed by atoms with Crippen LogP contribution in [-0.4, -0.2) is 42.1 Å². The number of nitrogens with one attached hydrogen (secondary N) is 1. The number of carboxylic acid groups (broad SMARTS) is 1. The van der Waals surface area contributed by atoms with Crippen LogP contribution in [0.2, 0.25) is 0 Å². The molecule has 0 atom stereocenters. The number of fused-ring (bicyclic) bond motifs is 1. The van der Waals surface area contributed by atoms with E-state index >= 15 is 0 Å². The molecule has 0 fully saturated rings. The van der Waals surface area contributed by atoms with E-state index in [4.69, 9.17) is 9.84 Å². The highest BCUT2D eigenvalue weighted by Gasteiger charge is 2.16. The standard InChI is InChI=1S/C28H28N2O4.ClH/c1-19-3-7-21(8-4-19)22-9-12-26-24(15-22)16-23(13-14-34-26)28(33)29-25-10-5-20(6-11-25)17-30(2)18-27(31)32;/h3-12,15-16H,13-14,17-18H2,1-2H3,(H,29,33)(H,31,32);1H. The topological polar surface area (TPSA) is 78.9 Å². The minimum atomic E-state index is -0.861.